The number of thiazole rings is 1. The fourth-order valence-electron chi connectivity index (χ4n) is 2.72. The molecule has 5 nitrogen and oxygen atoms in total. The number of aliphatic carboxylic acids is 1. The zero-order valence-electron chi connectivity index (χ0n) is 13.5. The molecule has 0 atom stereocenters. The molecule has 1 amide bonds. The largest absolute Gasteiger partial charge is 0.480 e. The van der Waals surface area contributed by atoms with Crippen molar-refractivity contribution in [1.82, 2.24) is 10.3 Å². The monoisotopic (exact) mass is 384 g/mol. The second-order valence-electron chi connectivity index (χ2n) is 6.18. The molecule has 138 valence electrons. The lowest BCUT2D eigenvalue weighted by molar-refractivity contribution is -0.151. The van der Waals surface area contributed by atoms with E-state index < -0.39 is 29.2 Å². The number of carboxylic acids is 1. The van der Waals surface area contributed by atoms with Gasteiger partial charge in [-0.1, -0.05) is 12.1 Å². The fourth-order valence-corrected chi connectivity index (χ4v) is 3.55. The minimum atomic E-state index is -4.40. The number of carbonyl (C=O) groups excluding carboxylic acids is 1. The average molecular weight is 384 g/mol. The summed E-state index contributed by atoms with van der Waals surface area (Å²) in [5.74, 6) is -1.47. The van der Waals surface area contributed by atoms with Crippen LogP contribution in [-0.4, -0.2) is 27.5 Å². The normalized spacial score (nSPS) is 16.0. The summed E-state index contributed by atoms with van der Waals surface area (Å²) in [4.78, 5) is 27.6. The van der Waals surface area contributed by atoms with Gasteiger partial charge in [-0.2, -0.15) is 13.2 Å². The number of amides is 1. The lowest BCUT2D eigenvalue weighted by Crippen LogP contribution is -2.59. The smallest absolute Gasteiger partial charge is 0.416 e. The minimum Gasteiger partial charge on any atom is -0.480 e. The Bertz CT molecular complexity index is 827. The van der Waals surface area contributed by atoms with E-state index in [1.54, 1.807) is 5.38 Å². The lowest BCUT2D eigenvalue weighted by Gasteiger charge is -2.38. The molecule has 0 saturated heterocycles. The molecule has 9 heteroatoms. The van der Waals surface area contributed by atoms with Gasteiger partial charge in [0.1, 0.15) is 10.5 Å². The number of carboxylic acid groups (broad SMARTS) is 1. The van der Waals surface area contributed by atoms with Gasteiger partial charge in [0.05, 0.1) is 17.7 Å². The van der Waals surface area contributed by atoms with E-state index in [9.17, 15) is 27.9 Å². The van der Waals surface area contributed by atoms with Crippen LogP contribution in [0.15, 0.2) is 29.6 Å². The number of aromatic nitrogens is 1. The molecule has 1 saturated carbocycles. The number of nitrogens with zero attached hydrogens (tertiary/aromatic N) is 1. The first-order valence-electron chi connectivity index (χ1n) is 7.86. The molecule has 1 heterocycles. The summed E-state index contributed by atoms with van der Waals surface area (Å²) in [6.45, 7) is 0. The molecule has 0 radical (unpaired) electrons. The van der Waals surface area contributed by atoms with Crippen molar-refractivity contribution in [2.45, 2.75) is 37.4 Å². The van der Waals surface area contributed by atoms with Crippen molar-refractivity contribution in [3.05, 3.63) is 40.9 Å². The number of hydrogen-bond acceptors (Lipinski definition) is 4. The topological polar surface area (TPSA) is 79.3 Å². The van der Waals surface area contributed by atoms with Crippen LogP contribution in [0, 0.1) is 0 Å². The van der Waals surface area contributed by atoms with E-state index in [4.69, 9.17) is 0 Å². The van der Waals surface area contributed by atoms with Gasteiger partial charge in [0, 0.05) is 10.9 Å². The zero-order valence-corrected chi connectivity index (χ0v) is 14.3. The molecule has 26 heavy (non-hydrogen) atoms. The SMILES string of the molecule is O=C(Cc1csc(-c2ccc(C(F)(F)F)cc2)n1)NC1(C(=O)O)CCC1. The number of nitrogens with one attached hydrogen (secondary N) is 1. The predicted molar refractivity (Wildman–Crippen MR) is 88.6 cm³/mol. The highest BCUT2D eigenvalue weighted by Gasteiger charge is 2.45. The molecule has 1 aliphatic carbocycles. The molecular formula is C17H15F3N2O3S. The van der Waals surface area contributed by atoms with Crippen LogP contribution in [-0.2, 0) is 22.2 Å². The van der Waals surface area contributed by atoms with Crippen LogP contribution in [0.25, 0.3) is 10.6 Å². The van der Waals surface area contributed by atoms with Crippen LogP contribution < -0.4 is 5.32 Å². The van der Waals surface area contributed by atoms with Gasteiger partial charge >= 0.3 is 12.1 Å². The van der Waals surface area contributed by atoms with Crippen LogP contribution in [0.1, 0.15) is 30.5 Å². The Morgan fingerprint density at radius 1 is 1.23 bits per heavy atom. The van der Waals surface area contributed by atoms with Gasteiger partial charge in [-0.25, -0.2) is 9.78 Å². The Balaban J connectivity index is 1.66. The van der Waals surface area contributed by atoms with Crippen LogP contribution in [0.3, 0.4) is 0 Å². The Kier molecular flexibility index (Phi) is 4.74. The van der Waals surface area contributed by atoms with Gasteiger partial charge in [-0.3, -0.25) is 4.79 Å². The number of rotatable bonds is 5. The molecule has 3 rings (SSSR count). The molecule has 2 N–H and O–H groups in total. The predicted octanol–water partition coefficient (Wildman–Crippen LogP) is 3.49. The number of alkyl halides is 3. The van der Waals surface area contributed by atoms with Gasteiger partial charge in [-0.05, 0) is 31.4 Å². The van der Waals surface area contributed by atoms with Crippen molar-refractivity contribution in [2.75, 3.05) is 0 Å². The Morgan fingerprint density at radius 2 is 1.88 bits per heavy atom. The van der Waals surface area contributed by atoms with Crippen LogP contribution in [0.4, 0.5) is 13.2 Å². The minimum absolute atomic E-state index is 0.0772. The molecule has 0 spiro atoms. The molecule has 1 aromatic heterocycles. The zero-order chi connectivity index (χ0) is 18.9. The molecule has 0 unspecified atom stereocenters. The second-order valence-corrected chi connectivity index (χ2v) is 7.04. The first-order chi connectivity index (χ1) is 12.2. The maximum Gasteiger partial charge on any atom is 0.416 e. The third kappa shape index (κ3) is 3.72. The quantitative estimate of drug-likeness (QED) is 0.827. The van der Waals surface area contributed by atoms with Gasteiger partial charge in [0.25, 0.3) is 0 Å². The van der Waals surface area contributed by atoms with E-state index in [1.165, 1.54) is 23.5 Å². The highest BCUT2D eigenvalue weighted by molar-refractivity contribution is 7.13. The van der Waals surface area contributed by atoms with E-state index in [2.05, 4.69) is 10.3 Å². The summed E-state index contributed by atoms with van der Waals surface area (Å²) in [5.41, 5.74) is -0.946. The summed E-state index contributed by atoms with van der Waals surface area (Å²) < 4.78 is 37.8. The van der Waals surface area contributed by atoms with E-state index in [-0.39, 0.29) is 6.42 Å². The molecular weight excluding hydrogens is 369 g/mol. The molecule has 2 aromatic rings. The maximum atomic E-state index is 12.6. The van der Waals surface area contributed by atoms with Crippen molar-refractivity contribution in [1.29, 1.82) is 0 Å². The van der Waals surface area contributed by atoms with Gasteiger partial charge in [0.2, 0.25) is 5.91 Å². The molecule has 1 fully saturated rings. The summed E-state index contributed by atoms with van der Waals surface area (Å²) in [6, 6.07) is 4.63. The van der Waals surface area contributed by atoms with Gasteiger partial charge < -0.3 is 10.4 Å². The lowest BCUT2D eigenvalue weighted by atomic mass is 9.76. The van der Waals surface area contributed by atoms with Crippen molar-refractivity contribution < 1.29 is 27.9 Å². The molecule has 1 aromatic carbocycles. The third-order valence-electron chi connectivity index (χ3n) is 4.35. The van der Waals surface area contributed by atoms with Crippen molar-refractivity contribution in [2.24, 2.45) is 0 Å². The van der Waals surface area contributed by atoms with E-state index in [0.29, 0.717) is 29.1 Å². The van der Waals surface area contributed by atoms with Gasteiger partial charge in [0.15, 0.2) is 0 Å². The highest BCUT2D eigenvalue weighted by Crippen LogP contribution is 2.33. The van der Waals surface area contributed by atoms with E-state index >= 15 is 0 Å². The van der Waals surface area contributed by atoms with E-state index in [1.807, 2.05) is 0 Å². The Hall–Kier alpha value is -2.42. The highest BCUT2D eigenvalue weighted by atomic mass is 32.1. The standard InChI is InChI=1S/C17H15F3N2O3S/c18-17(19,20)11-4-2-10(3-5-11)14-21-12(9-26-14)8-13(23)22-16(15(24)25)6-1-7-16/h2-5,9H,1,6-8H2,(H,22,23)(H,24,25). The number of benzene rings is 1. The van der Waals surface area contributed by atoms with Crippen LogP contribution in [0.2, 0.25) is 0 Å². The summed E-state index contributed by atoms with van der Waals surface area (Å²) in [7, 11) is 0. The number of carbonyl (C=O) groups is 2. The fraction of sp³-hybridized carbons (Fsp3) is 0.353. The second kappa shape index (κ2) is 6.71. The summed E-state index contributed by atoms with van der Waals surface area (Å²) >= 11 is 1.21. The third-order valence-corrected chi connectivity index (χ3v) is 5.29. The van der Waals surface area contributed by atoms with Crippen molar-refractivity contribution in [3.8, 4) is 10.6 Å². The Labute approximate surface area is 150 Å². The maximum absolute atomic E-state index is 12.6. The van der Waals surface area contributed by atoms with Crippen LogP contribution >= 0.6 is 11.3 Å². The average Bonchev–Trinajstić information content (AvgIpc) is 2.98. The summed E-state index contributed by atoms with van der Waals surface area (Å²) in [6.07, 6.45) is -2.91. The number of hydrogen-bond donors (Lipinski definition) is 2. The van der Waals surface area contributed by atoms with Crippen LogP contribution in [0.5, 0.6) is 0 Å². The summed E-state index contributed by atoms with van der Waals surface area (Å²) in [5, 5.41) is 13.9. The first kappa shape index (κ1) is 18.4. The van der Waals surface area contributed by atoms with Crippen molar-refractivity contribution >= 4 is 23.2 Å². The van der Waals surface area contributed by atoms with Crippen molar-refractivity contribution in [3.63, 3.8) is 0 Å². The van der Waals surface area contributed by atoms with Gasteiger partial charge in [-0.15, -0.1) is 11.3 Å². The first-order valence-corrected chi connectivity index (χ1v) is 8.74. The number of halogens is 3. The molecule has 1 aliphatic rings. The van der Waals surface area contributed by atoms with E-state index in [0.717, 1.165) is 18.6 Å². The Morgan fingerprint density at radius 3 is 2.38 bits per heavy atom. The molecule has 0 aliphatic heterocycles. The molecule has 0 bridgehead atoms.